The molecule has 0 atom stereocenters. The van der Waals surface area contributed by atoms with Crippen molar-refractivity contribution in [2.75, 3.05) is 6.61 Å². The van der Waals surface area contributed by atoms with E-state index in [9.17, 15) is 19.3 Å². The molecule has 1 amide bonds. The quantitative estimate of drug-likeness (QED) is 0.650. The molecule has 0 fully saturated rings. The van der Waals surface area contributed by atoms with Crippen LogP contribution >= 0.6 is 0 Å². The Hall–Kier alpha value is -3.03. The average Bonchev–Trinajstić information content (AvgIpc) is 2.53. The molecular weight excluding hydrogens is 305 g/mol. The van der Waals surface area contributed by atoms with E-state index in [-0.39, 0.29) is 24.7 Å². The Morgan fingerprint density at radius 2 is 2.00 bits per heavy atom. The normalized spacial score (nSPS) is 10.2. The molecule has 0 aliphatic heterocycles. The Morgan fingerprint density at radius 1 is 1.30 bits per heavy atom. The second kappa shape index (κ2) is 7.30. The van der Waals surface area contributed by atoms with Gasteiger partial charge in [-0.05, 0) is 39.7 Å². The molecule has 0 unspecified atom stereocenters. The molecule has 0 saturated heterocycles. The van der Waals surface area contributed by atoms with Crippen LogP contribution in [0.1, 0.15) is 11.3 Å². The molecule has 0 radical (unpaired) electrons. The van der Waals surface area contributed by atoms with Crippen LogP contribution in [0.2, 0.25) is 0 Å². The summed E-state index contributed by atoms with van der Waals surface area (Å²) in [7, 11) is 0. The van der Waals surface area contributed by atoms with Crippen LogP contribution in [0.4, 0.5) is 10.2 Å². The van der Waals surface area contributed by atoms with Crippen molar-refractivity contribution in [2.45, 2.75) is 13.5 Å². The lowest BCUT2D eigenvalue weighted by atomic mass is 10.2. The van der Waals surface area contributed by atoms with Gasteiger partial charge in [-0.25, -0.2) is 4.39 Å². The number of amides is 1. The van der Waals surface area contributed by atoms with Crippen LogP contribution in [0.25, 0.3) is 0 Å². The molecule has 0 spiro atoms. The van der Waals surface area contributed by atoms with Crippen molar-refractivity contribution in [3.63, 3.8) is 0 Å². The molecule has 0 bridgehead atoms. The van der Waals surface area contributed by atoms with Gasteiger partial charge in [0.25, 0.3) is 5.91 Å². The van der Waals surface area contributed by atoms with Gasteiger partial charge in [0.2, 0.25) is 5.75 Å². The van der Waals surface area contributed by atoms with Gasteiger partial charge < -0.3 is 20.2 Å². The molecule has 0 aliphatic rings. The number of benzene rings is 1. The largest absolute Gasteiger partial charge is 0.476 e. The van der Waals surface area contributed by atoms with E-state index in [2.05, 4.69) is 10.3 Å². The summed E-state index contributed by atoms with van der Waals surface area (Å²) in [5.41, 5.74) is 1.20. The van der Waals surface area contributed by atoms with Crippen molar-refractivity contribution in [3.8, 4) is 5.75 Å². The van der Waals surface area contributed by atoms with Crippen LogP contribution in [-0.2, 0) is 11.3 Å². The fourth-order valence-electron chi connectivity index (χ4n) is 1.77. The Balaban J connectivity index is 1.89. The Kier molecular flexibility index (Phi) is 5.19. The number of pyridine rings is 1. The minimum Gasteiger partial charge on any atom is -0.476 e. The maximum atomic E-state index is 12.8. The number of carbonyl (C=O) groups is 1. The smallest absolute Gasteiger partial charge is 0.406 e. The van der Waals surface area contributed by atoms with E-state index in [1.807, 2.05) is 0 Å². The molecular formula is C15H14FN3O4. The fourth-order valence-corrected chi connectivity index (χ4v) is 1.77. The lowest BCUT2D eigenvalue weighted by molar-refractivity contribution is -0.390. The molecule has 8 heteroatoms. The predicted octanol–water partition coefficient (Wildman–Crippen LogP) is 2.13. The van der Waals surface area contributed by atoms with Gasteiger partial charge in [-0.15, -0.1) is 0 Å². The minimum atomic E-state index is -0.668. The topological polar surface area (TPSA) is 94.4 Å². The zero-order valence-corrected chi connectivity index (χ0v) is 12.3. The van der Waals surface area contributed by atoms with E-state index < -0.39 is 16.6 Å². The van der Waals surface area contributed by atoms with E-state index in [1.54, 1.807) is 25.1 Å². The summed E-state index contributed by atoms with van der Waals surface area (Å²) in [6.45, 7) is 1.44. The number of hydrogen-bond acceptors (Lipinski definition) is 5. The van der Waals surface area contributed by atoms with Crippen LogP contribution in [0.5, 0.6) is 5.75 Å². The molecule has 1 aromatic heterocycles. The van der Waals surface area contributed by atoms with Gasteiger partial charge in [-0.2, -0.15) is 0 Å². The summed E-state index contributed by atoms with van der Waals surface area (Å²) in [5.74, 6) is -1.32. The van der Waals surface area contributed by atoms with Crippen molar-refractivity contribution < 1.29 is 18.8 Å². The second-order valence-electron chi connectivity index (χ2n) is 4.72. The van der Waals surface area contributed by atoms with Crippen molar-refractivity contribution >= 4 is 11.7 Å². The maximum Gasteiger partial charge on any atom is 0.406 e. The number of ether oxygens (including phenoxy) is 1. The third kappa shape index (κ3) is 4.73. The maximum absolute atomic E-state index is 12.8. The summed E-state index contributed by atoms with van der Waals surface area (Å²) in [6.07, 6.45) is 0. The first kappa shape index (κ1) is 16.3. The Labute approximate surface area is 131 Å². The lowest BCUT2D eigenvalue weighted by Gasteiger charge is -2.08. The first-order valence-electron chi connectivity index (χ1n) is 6.71. The third-order valence-electron chi connectivity index (χ3n) is 2.91. The molecule has 1 heterocycles. The number of aryl methyl sites for hydroxylation is 1. The number of hydrogen-bond donors (Lipinski definition) is 1. The lowest BCUT2D eigenvalue weighted by Crippen LogP contribution is -2.28. The fraction of sp³-hybridized carbons (Fsp3) is 0.200. The first-order chi connectivity index (χ1) is 11.0. The summed E-state index contributed by atoms with van der Waals surface area (Å²) >= 11 is 0. The van der Waals surface area contributed by atoms with Crippen LogP contribution in [-0.4, -0.2) is 22.4 Å². The molecule has 0 aliphatic carbocycles. The number of nitrogens with zero attached hydrogens (tertiary/aromatic N) is 2. The molecule has 2 aromatic rings. The highest BCUT2D eigenvalue weighted by Gasteiger charge is 2.18. The van der Waals surface area contributed by atoms with Gasteiger partial charge in [0, 0.05) is 13.5 Å². The van der Waals surface area contributed by atoms with Crippen molar-refractivity contribution in [3.05, 3.63) is 63.6 Å². The summed E-state index contributed by atoms with van der Waals surface area (Å²) in [5, 5.41) is 13.5. The van der Waals surface area contributed by atoms with Crippen molar-refractivity contribution in [1.29, 1.82) is 0 Å². The zero-order valence-electron chi connectivity index (χ0n) is 12.3. The molecule has 0 saturated carbocycles. The third-order valence-corrected chi connectivity index (χ3v) is 2.91. The highest BCUT2D eigenvalue weighted by molar-refractivity contribution is 5.77. The van der Waals surface area contributed by atoms with Gasteiger partial charge in [0.1, 0.15) is 11.5 Å². The van der Waals surface area contributed by atoms with Crippen LogP contribution in [0.3, 0.4) is 0 Å². The Bertz CT molecular complexity index is 719. The summed E-state index contributed by atoms with van der Waals surface area (Å²) in [4.78, 5) is 25.7. The summed E-state index contributed by atoms with van der Waals surface area (Å²) < 4.78 is 17.9. The monoisotopic (exact) mass is 319 g/mol. The number of nitro groups is 1. The van der Waals surface area contributed by atoms with E-state index in [0.29, 0.717) is 5.69 Å². The number of rotatable bonds is 6. The van der Waals surface area contributed by atoms with E-state index in [0.717, 1.165) is 5.56 Å². The van der Waals surface area contributed by atoms with Crippen LogP contribution < -0.4 is 10.1 Å². The SMILES string of the molecule is Cc1ccc(OCC(=O)NCc2ccc(F)cc2)c([N+](=O)[O-])n1. The first-order valence-corrected chi connectivity index (χ1v) is 6.71. The average molecular weight is 319 g/mol. The number of carbonyl (C=O) groups excluding carboxylic acids is 1. The highest BCUT2D eigenvalue weighted by Crippen LogP contribution is 2.24. The summed E-state index contributed by atoms with van der Waals surface area (Å²) in [6, 6.07) is 8.63. The molecule has 23 heavy (non-hydrogen) atoms. The molecule has 7 nitrogen and oxygen atoms in total. The van der Waals surface area contributed by atoms with Gasteiger partial charge in [-0.3, -0.25) is 4.79 Å². The van der Waals surface area contributed by atoms with Gasteiger partial charge in [0.15, 0.2) is 6.61 Å². The molecule has 1 aromatic carbocycles. The number of aromatic nitrogens is 1. The minimum absolute atomic E-state index is 0.0717. The van der Waals surface area contributed by atoms with Crippen molar-refractivity contribution in [1.82, 2.24) is 10.3 Å². The molecule has 120 valence electrons. The van der Waals surface area contributed by atoms with Gasteiger partial charge in [0.05, 0.1) is 0 Å². The number of halogens is 1. The molecule has 1 N–H and O–H groups in total. The second-order valence-corrected chi connectivity index (χ2v) is 4.72. The highest BCUT2D eigenvalue weighted by atomic mass is 19.1. The van der Waals surface area contributed by atoms with Crippen molar-refractivity contribution in [2.24, 2.45) is 0 Å². The van der Waals surface area contributed by atoms with E-state index in [1.165, 1.54) is 18.2 Å². The standard InChI is InChI=1S/C15H14FN3O4/c1-10-2-7-13(15(18-10)19(21)22)23-9-14(20)17-8-11-3-5-12(16)6-4-11/h2-7H,8-9H2,1H3,(H,17,20). The van der Waals surface area contributed by atoms with Gasteiger partial charge >= 0.3 is 5.82 Å². The number of nitrogens with one attached hydrogen (secondary N) is 1. The van der Waals surface area contributed by atoms with E-state index in [4.69, 9.17) is 4.74 Å². The zero-order chi connectivity index (χ0) is 16.8. The van der Waals surface area contributed by atoms with Crippen LogP contribution in [0, 0.1) is 22.9 Å². The predicted molar refractivity (Wildman–Crippen MR) is 79.4 cm³/mol. The Morgan fingerprint density at radius 3 is 2.65 bits per heavy atom. The van der Waals surface area contributed by atoms with E-state index >= 15 is 0 Å². The molecule has 2 rings (SSSR count). The van der Waals surface area contributed by atoms with Crippen LogP contribution in [0.15, 0.2) is 36.4 Å². The van der Waals surface area contributed by atoms with Gasteiger partial charge in [-0.1, -0.05) is 12.1 Å².